The molecule has 29 heteroatoms. The summed E-state index contributed by atoms with van der Waals surface area (Å²) in [6, 6.07) is -8.65. The van der Waals surface area contributed by atoms with E-state index in [4.69, 9.17) is 17.2 Å². The Morgan fingerprint density at radius 2 is 1.03 bits per heavy atom. The molecule has 2 rings (SSSR count). The van der Waals surface area contributed by atoms with E-state index in [1.807, 2.05) is 0 Å². The second kappa shape index (κ2) is 29.8. The van der Waals surface area contributed by atoms with Gasteiger partial charge >= 0.3 is 11.9 Å². The van der Waals surface area contributed by atoms with Gasteiger partial charge in [-0.1, -0.05) is 32.0 Å². The van der Waals surface area contributed by atoms with Gasteiger partial charge in [0.25, 0.3) is 0 Å². The maximum atomic E-state index is 13.7. The van der Waals surface area contributed by atoms with Crippen LogP contribution in [0.2, 0.25) is 0 Å². The van der Waals surface area contributed by atoms with Gasteiger partial charge in [0.15, 0.2) is 0 Å². The van der Waals surface area contributed by atoms with Gasteiger partial charge in [-0.15, -0.1) is 0 Å². The average molecular weight is 1020 g/mol. The second-order valence-electron chi connectivity index (χ2n) is 16.9. The Kier molecular flexibility index (Phi) is 25.1. The van der Waals surface area contributed by atoms with Crippen molar-refractivity contribution >= 4 is 76.0 Å². The molecule has 1 heterocycles. The Labute approximate surface area is 411 Å². The quantitative estimate of drug-likeness (QED) is 0.0303. The molecule has 0 fully saturated rings. The number of carboxylic acid groups (broad SMARTS) is 2. The zero-order chi connectivity index (χ0) is 54.4. The molecule has 21 N–H and O–H groups in total. The Morgan fingerprint density at radius 1 is 0.583 bits per heavy atom. The zero-order valence-corrected chi connectivity index (χ0v) is 39.7. The van der Waals surface area contributed by atoms with Gasteiger partial charge in [0, 0.05) is 23.5 Å². The van der Waals surface area contributed by atoms with E-state index in [1.54, 1.807) is 44.3 Å². The third-order valence-electron chi connectivity index (χ3n) is 10.9. The van der Waals surface area contributed by atoms with E-state index < -0.39 is 164 Å². The van der Waals surface area contributed by atoms with Crippen LogP contribution in [0.15, 0.2) is 30.5 Å². The van der Waals surface area contributed by atoms with Crippen LogP contribution in [0, 0.1) is 5.92 Å². The van der Waals surface area contributed by atoms with Gasteiger partial charge in [-0.2, -0.15) is 0 Å². The third kappa shape index (κ3) is 19.1. The largest absolute Gasteiger partial charge is 0.481 e. The summed E-state index contributed by atoms with van der Waals surface area (Å²) >= 11 is 0. The highest BCUT2D eigenvalue weighted by Gasteiger charge is 2.37. The summed E-state index contributed by atoms with van der Waals surface area (Å²) in [6.07, 6.45) is -2.11. The first-order valence-corrected chi connectivity index (χ1v) is 22.6. The molecule has 0 aliphatic carbocycles. The minimum Gasteiger partial charge on any atom is -0.481 e. The summed E-state index contributed by atoms with van der Waals surface area (Å²) in [5.74, 6) is -14.2. The number of carbonyl (C=O) groups is 11. The number of aliphatic hydroxyl groups is 4. The molecule has 0 saturated heterocycles. The highest BCUT2D eigenvalue weighted by Crippen LogP contribution is 2.19. The second-order valence-corrected chi connectivity index (χ2v) is 16.9. The number of aromatic amines is 1. The van der Waals surface area contributed by atoms with Crippen molar-refractivity contribution in [2.75, 3.05) is 26.4 Å². The minimum absolute atomic E-state index is 0.126. The number of fused-ring (bicyclic) bond motifs is 1. The number of carboxylic acids is 2. The normalized spacial score (nSPS) is 15.4. The molecule has 29 nitrogen and oxygen atoms in total. The van der Waals surface area contributed by atoms with Crippen LogP contribution in [0.3, 0.4) is 0 Å². The minimum atomic E-state index is -2.01. The SMILES string of the molecule is CC(C)[C@H](N)C(=O)N[C@@H](CC(=O)O)C(=O)N[C@@H](CO)C(=O)N[C@@H](CCCCN)C(=O)N[C@@H](CC(N)=O)C(=O)N[C@H](C(=O)N[C@@H](CO)C(=O)N[C@@H](CO)C(=O)N[C@@H](Cc1c[nH]c2ccccc12)C(=O)O)[C@@H](C)O. The summed E-state index contributed by atoms with van der Waals surface area (Å²) in [4.78, 5) is 145. The van der Waals surface area contributed by atoms with Gasteiger partial charge in [0.1, 0.15) is 48.3 Å². The highest BCUT2D eigenvalue weighted by atomic mass is 16.4. The molecular formula is C43H66N12O17. The van der Waals surface area contributed by atoms with Gasteiger partial charge in [0.05, 0.1) is 44.8 Å². The van der Waals surface area contributed by atoms with Gasteiger partial charge in [0.2, 0.25) is 53.2 Å². The van der Waals surface area contributed by atoms with E-state index >= 15 is 0 Å². The van der Waals surface area contributed by atoms with Crippen molar-refractivity contribution in [1.82, 2.24) is 47.5 Å². The van der Waals surface area contributed by atoms with Crippen LogP contribution in [0.4, 0.5) is 0 Å². The summed E-state index contributed by atoms with van der Waals surface area (Å²) in [5, 5.41) is 77.6. The van der Waals surface area contributed by atoms with Gasteiger partial charge in [-0.25, -0.2) is 4.79 Å². The van der Waals surface area contributed by atoms with Gasteiger partial charge in [-0.05, 0) is 50.3 Å². The zero-order valence-electron chi connectivity index (χ0n) is 39.7. The monoisotopic (exact) mass is 1020 g/mol. The van der Waals surface area contributed by atoms with Crippen molar-refractivity contribution < 1.29 is 83.4 Å². The van der Waals surface area contributed by atoms with Crippen molar-refractivity contribution in [3.8, 4) is 0 Å². The van der Waals surface area contributed by atoms with Crippen molar-refractivity contribution in [3.63, 3.8) is 0 Å². The lowest BCUT2D eigenvalue weighted by Crippen LogP contribution is -2.63. The molecule has 10 atom stereocenters. The van der Waals surface area contributed by atoms with Crippen LogP contribution in [-0.2, 0) is 59.2 Å². The number of para-hydroxylation sites is 1. The number of hydrogen-bond donors (Lipinski definition) is 18. The molecule has 1 aromatic heterocycles. The molecule has 0 spiro atoms. The smallest absolute Gasteiger partial charge is 0.326 e. The molecule has 2 aromatic rings. The number of carbonyl (C=O) groups excluding carboxylic acids is 9. The number of aliphatic carboxylic acids is 2. The van der Waals surface area contributed by atoms with E-state index in [0.717, 1.165) is 6.92 Å². The molecule has 0 aliphatic rings. The van der Waals surface area contributed by atoms with E-state index in [-0.39, 0.29) is 25.8 Å². The molecule has 9 amide bonds. The van der Waals surface area contributed by atoms with Crippen LogP contribution >= 0.6 is 0 Å². The number of amides is 9. The van der Waals surface area contributed by atoms with Gasteiger partial charge < -0.3 is 95.4 Å². The Morgan fingerprint density at radius 3 is 1.51 bits per heavy atom. The summed E-state index contributed by atoms with van der Waals surface area (Å²) in [6.45, 7) is 0.968. The number of primary amides is 1. The first kappa shape index (κ1) is 60.8. The molecule has 400 valence electrons. The Bertz CT molecular complexity index is 2240. The van der Waals surface area contributed by atoms with Crippen LogP contribution < -0.4 is 59.7 Å². The predicted molar refractivity (Wildman–Crippen MR) is 250 cm³/mol. The molecule has 0 unspecified atom stereocenters. The number of H-pyrrole nitrogens is 1. The molecular weight excluding hydrogens is 957 g/mol. The van der Waals surface area contributed by atoms with E-state index in [2.05, 4.69) is 47.5 Å². The lowest BCUT2D eigenvalue weighted by atomic mass is 10.0. The number of unbranched alkanes of at least 4 members (excludes halogenated alkanes) is 1. The molecule has 0 bridgehead atoms. The summed E-state index contributed by atoms with van der Waals surface area (Å²) < 4.78 is 0. The molecule has 0 radical (unpaired) electrons. The maximum absolute atomic E-state index is 13.7. The molecule has 0 aliphatic heterocycles. The summed E-state index contributed by atoms with van der Waals surface area (Å²) in [7, 11) is 0. The fraction of sp³-hybridized carbons (Fsp3) is 0.558. The topological polar surface area (TPSA) is 499 Å². The number of rotatable bonds is 32. The first-order valence-electron chi connectivity index (χ1n) is 22.6. The van der Waals surface area contributed by atoms with Gasteiger partial charge in [-0.3, -0.25) is 47.9 Å². The van der Waals surface area contributed by atoms with Crippen molar-refractivity contribution in [1.29, 1.82) is 0 Å². The van der Waals surface area contributed by atoms with Crippen molar-refractivity contribution in [3.05, 3.63) is 36.0 Å². The number of hydrogen-bond acceptors (Lipinski definition) is 17. The van der Waals surface area contributed by atoms with Crippen molar-refractivity contribution in [2.24, 2.45) is 23.1 Å². The molecule has 1 aromatic carbocycles. The fourth-order valence-electron chi connectivity index (χ4n) is 6.71. The number of nitrogens with two attached hydrogens (primary N) is 3. The lowest BCUT2D eigenvalue weighted by molar-refractivity contribution is -0.142. The highest BCUT2D eigenvalue weighted by molar-refractivity contribution is 5.99. The van der Waals surface area contributed by atoms with Crippen LogP contribution in [-0.4, -0.2) is 188 Å². The first-order chi connectivity index (χ1) is 33.9. The number of benzene rings is 1. The van der Waals surface area contributed by atoms with Crippen LogP contribution in [0.25, 0.3) is 10.9 Å². The lowest BCUT2D eigenvalue weighted by Gasteiger charge is -2.28. The van der Waals surface area contributed by atoms with Crippen LogP contribution in [0.1, 0.15) is 58.4 Å². The van der Waals surface area contributed by atoms with E-state index in [0.29, 0.717) is 22.9 Å². The fourth-order valence-corrected chi connectivity index (χ4v) is 6.71. The number of nitrogens with one attached hydrogen (secondary N) is 9. The molecule has 0 saturated carbocycles. The van der Waals surface area contributed by atoms with Crippen LogP contribution in [0.5, 0.6) is 0 Å². The number of aromatic nitrogens is 1. The predicted octanol–water partition coefficient (Wildman–Crippen LogP) is -7.51. The third-order valence-corrected chi connectivity index (χ3v) is 10.9. The Balaban J connectivity index is 2.23. The average Bonchev–Trinajstić information content (AvgIpc) is 3.73. The van der Waals surface area contributed by atoms with Crippen molar-refractivity contribution in [2.45, 2.75) is 120 Å². The summed E-state index contributed by atoms with van der Waals surface area (Å²) in [5.41, 5.74) is 18.0. The number of aliphatic hydroxyl groups excluding tert-OH is 4. The maximum Gasteiger partial charge on any atom is 0.326 e. The standard InChI is InChI=1S/C43H66N12O17/c1-19(2)33(46)41(69)50-26(14-32(61)62)36(64)52-28(16-56)38(66)48-24(10-6-7-11-44)35(63)49-25(13-31(45)60)37(65)55-34(20(3)59)42(70)54-30(18-58)40(68)53-29(17-57)39(67)51-27(43(71)72)12-21-15-47-23-9-5-4-8-22(21)23/h4-5,8-9,15,19-20,24-30,33-34,47,56-59H,6-7,10-14,16-18,44,46H2,1-3H3,(H2,45,60)(H,48,66)(H,49,63)(H,50,69)(H,51,67)(H,52,64)(H,53,68)(H,54,70)(H,55,65)(H,61,62)(H,71,72)/t20-,24+,25+,26+,27+,28+,29+,30+,33+,34+/m1/s1. The van der Waals surface area contributed by atoms with E-state index in [1.165, 1.54) is 0 Å². The van der Waals surface area contributed by atoms with E-state index in [9.17, 15) is 83.4 Å². The Hall–Kier alpha value is -7.31. The molecule has 72 heavy (non-hydrogen) atoms.